The predicted octanol–water partition coefficient (Wildman–Crippen LogP) is 4.44. The number of para-hydroxylation sites is 1. The maximum Gasteiger partial charge on any atom is 0.270 e. The first-order valence-electron chi connectivity index (χ1n) is 9.84. The van der Waals surface area contributed by atoms with E-state index in [1.165, 1.54) is 29.5 Å². The van der Waals surface area contributed by atoms with Gasteiger partial charge in [0, 0.05) is 24.8 Å². The van der Waals surface area contributed by atoms with Crippen molar-refractivity contribution in [3.8, 4) is 5.75 Å². The summed E-state index contributed by atoms with van der Waals surface area (Å²) in [5, 5.41) is 11.5. The third kappa shape index (κ3) is 4.73. The van der Waals surface area contributed by atoms with Crippen molar-refractivity contribution in [1.82, 2.24) is 4.98 Å². The Kier molecular flexibility index (Phi) is 6.24. The summed E-state index contributed by atoms with van der Waals surface area (Å²) in [5.41, 5.74) is 1.26. The van der Waals surface area contributed by atoms with Gasteiger partial charge in [-0.15, -0.1) is 0 Å². The average Bonchev–Trinajstić information content (AvgIpc) is 3.45. The highest BCUT2D eigenvalue weighted by molar-refractivity contribution is 7.22. The van der Waals surface area contributed by atoms with Crippen molar-refractivity contribution >= 4 is 44.4 Å². The second-order valence-corrected chi connectivity index (χ2v) is 8.08. The number of hydrogen-bond donors (Lipinski definition) is 0. The van der Waals surface area contributed by atoms with Gasteiger partial charge in [-0.25, -0.2) is 4.98 Å². The minimum atomic E-state index is -0.461. The van der Waals surface area contributed by atoms with Gasteiger partial charge in [-0.05, 0) is 36.6 Å². The molecule has 0 saturated carbocycles. The number of nitro groups is 1. The van der Waals surface area contributed by atoms with E-state index in [1.54, 1.807) is 30.2 Å². The molecule has 0 aliphatic carbocycles. The SMILES string of the molecule is COc1cccc2sc(N(CC3CCCO3)C(=O)/C=C/c3cccc([N+](=O)[O-])c3)nc12. The van der Waals surface area contributed by atoms with Crippen LogP contribution in [0.4, 0.5) is 10.8 Å². The standard InChI is InChI=1S/C22H21N3O5S/c1-29-18-8-3-9-19-21(18)23-22(31-19)24(14-17-7-4-12-30-17)20(26)11-10-15-5-2-6-16(13-15)25(27)28/h2-3,5-6,8-11,13,17H,4,7,12,14H2,1H3/b11-10+. The number of hydrogen-bond acceptors (Lipinski definition) is 7. The molecule has 1 aliphatic rings. The lowest BCUT2D eigenvalue weighted by molar-refractivity contribution is -0.384. The number of fused-ring (bicyclic) bond motifs is 1. The van der Waals surface area contributed by atoms with Gasteiger partial charge >= 0.3 is 0 Å². The zero-order valence-corrected chi connectivity index (χ0v) is 17.7. The molecule has 0 bridgehead atoms. The third-order valence-electron chi connectivity index (χ3n) is 5.00. The Bertz CT molecular complexity index is 1140. The lowest BCUT2D eigenvalue weighted by Crippen LogP contribution is -2.36. The number of non-ortho nitro benzene ring substituents is 1. The summed E-state index contributed by atoms with van der Waals surface area (Å²) in [6.45, 7) is 1.07. The van der Waals surface area contributed by atoms with Gasteiger partial charge < -0.3 is 9.47 Å². The van der Waals surface area contributed by atoms with E-state index in [0.717, 1.165) is 17.5 Å². The molecule has 1 saturated heterocycles. The molecule has 2 heterocycles. The summed E-state index contributed by atoms with van der Waals surface area (Å²) in [5.74, 6) is 0.386. The summed E-state index contributed by atoms with van der Waals surface area (Å²) in [6.07, 6.45) is 4.78. The Morgan fingerprint density at radius 3 is 2.97 bits per heavy atom. The van der Waals surface area contributed by atoms with E-state index in [2.05, 4.69) is 4.98 Å². The number of amides is 1. The molecule has 1 aromatic heterocycles. The van der Waals surface area contributed by atoms with Crippen molar-refractivity contribution in [2.45, 2.75) is 18.9 Å². The Morgan fingerprint density at radius 2 is 2.23 bits per heavy atom. The van der Waals surface area contributed by atoms with E-state index >= 15 is 0 Å². The normalized spacial score (nSPS) is 16.1. The fraction of sp³-hybridized carbons (Fsp3) is 0.273. The van der Waals surface area contributed by atoms with Crippen molar-refractivity contribution in [1.29, 1.82) is 0 Å². The van der Waals surface area contributed by atoms with Crippen LogP contribution in [0, 0.1) is 10.1 Å². The molecule has 0 radical (unpaired) electrons. The van der Waals surface area contributed by atoms with E-state index in [4.69, 9.17) is 9.47 Å². The fourth-order valence-corrected chi connectivity index (χ4v) is 4.44. The molecule has 1 atom stereocenters. The number of rotatable bonds is 7. The zero-order valence-electron chi connectivity index (χ0n) is 16.9. The zero-order chi connectivity index (χ0) is 21.8. The largest absolute Gasteiger partial charge is 0.494 e. The first kappa shape index (κ1) is 21.0. The first-order chi connectivity index (χ1) is 15.0. The van der Waals surface area contributed by atoms with Crippen LogP contribution in [0.5, 0.6) is 5.75 Å². The molecule has 3 aromatic rings. The quantitative estimate of drug-likeness (QED) is 0.307. The number of benzene rings is 2. The number of methoxy groups -OCH3 is 1. The Morgan fingerprint density at radius 1 is 1.39 bits per heavy atom. The number of anilines is 1. The molecule has 4 rings (SSSR count). The number of ether oxygens (including phenoxy) is 2. The van der Waals surface area contributed by atoms with Crippen LogP contribution in [0.2, 0.25) is 0 Å². The summed E-state index contributed by atoms with van der Waals surface area (Å²) < 4.78 is 12.1. The lowest BCUT2D eigenvalue weighted by Gasteiger charge is -2.21. The molecule has 0 spiro atoms. The minimum Gasteiger partial charge on any atom is -0.494 e. The highest BCUT2D eigenvalue weighted by atomic mass is 32.1. The second kappa shape index (κ2) is 9.23. The van der Waals surface area contributed by atoms with Crippen molar-refractivity contribution in [3.05, 3.63) is 64.2 Å². The first-order valence-corrected chi connectivity index (χ1v) is 10.7. The number of nitro benzene ring substituents is 1. The number of thiazole rings is 1. The topological polar surface area (TPSA) is 94.8 Å². The fourth-order valence-electron chi connectivity index (χ4n) is 3.45. The molecule has 1 unspecified atom stereocenters. The van der Waals surface area contributed by atoms with Crippen LogP contribution in [0.1, 0.15) is 18.4 Å². The number of nitrogens with zero attached hydrogens (tertiary/aromatic N) is 3. The van der Waals surface area contributed by atoms with Crippen LogP contribution < -0.4 is 9.64 Å². The molecule has 1 amide bonds. The van der Waals surface area contributed by atoms with Gasteiger partial charge in [-0.2, -0.15) is 0 Å². The molecular weight excluding hydrogens is 418 g/mol. The Hall–Kier alpha value is -3.30. The van der Waals surface area contributed by atoms with Crippen molar-refractivity contribution in [3.63, 3.8) is 0 Å². The smallest absolute Gasteiger partial charge is 0.270 e. The lowest BCUT2D eigenvalue weighted by atomic mass is 10.2. The van der Waals surface area contributed by atoms with E-state index in [9.17, 15) is 14.9 Å². The monoisotopic (exact) mass is 439 g/mol. The molecule has 8 nitrogen and oxygen atoms in total. The maximum atomic E-state index is 13.1. The van der Waals surface area contributed by atoms with Crippen molar-refractivity contribution in [2.24, 2.45) is 0 Å². The Balaban J connectivity index is 1.64. The van der Waals surface area contributed by atoms with Crippen LogP contribution in [-0.2, 0) is 9.53 Å². The highest BCUT2D eigenvalue weighted by Gasteiger charge is 2.25. The molecule has 1 aliphatic heterocycles. The van der Waals surface area contributed by atoms with E-state index in [0.29, 0.717) is 35.1 Å². The average molecular weight is 439 g/mol. The van der Waals surface area contributed by atoms with Crippen LogP contribution in [0.25, 0.3) is 16.3 Å². The van der Waals surface area contributed by atoms with E-state index in [-0.39, 0.29) is 17.7 Å². The molecule has 160 valence electrons. The molecule has 0 N–H and O–H groups in total. The van der Waals surface area contributed by atoms with Gasteiger partial charge in [0.1, 0.15) is 11.3 Å². The van der Waals surface area contributed by atoms with E-state index in [1.807, 2.05) is 18.2 Å². The van der Waals surface area contributed by atoms with Gasteiger partial charge in [-0.1, -0.05) is 29.5 Å². The van der Waals surface area contributed by atoms with Gasteiger partial charge in [0.15, 0.2) is 5.13 Å². The van der Waals surface area contributed by atoms with Crippen LogP contribution in [0.15, 0.2) is 48.5 Å². The molecule has 1 fully saturated rings. The van der Waals surface area contributed by atoms with Gasteiger partial charge in [0.05, 0.1) is 29.4 Å². The maximum absolute atomic E-state index is 13.1. The number of carbonyl (C=O) groups excluding carboxylic acids is 1. The van der Waals surface area contributed by atoms with Crippen LogP contribution in [0.3, 0.4) is 0 Å². The van der Waals surface area contributed by atoms with Crippen LogP contribution in [-0.4, -0.2) is 42.2 Å². The summed E-state index contributed by atoms with van der Waals surface area (Å²) in [4.78, 5) is 29.9. The predicted molar refractivity (Wildman–Crippen MR) is 120 cm³/mol. The van der Waals surface area contributed by atoms with Gasteiger partial charge in [0.2, 0.25) is 0 Å². The summed E-state index contributed by atoms with van der Waals surface area (Å²) in [6, 6.07) is 11.8. The number of carbonyl (C=O) groups is 1. The van der Waals surface area contributed by atoms with E-state index < -0.39 is 4.92 Å². The molecule has 2 aromatic carbocycles. The third-order valence-corrected chi connectivity index (χ3v) is 6.04. The van der Waals surface area contributed by atoms with Crippen molar-refractivity contribution in [2.75, 3.05) is 25.2 Å². The summed E-state index contributed by atoms with van der Waals surface area (Å²) >= 11 is 1.41. The molecule has 31 heavy (non-hydrogen) atoms. The van der Waals surface area contributed by atoms with Gasteiger partial charge in [-0.3, -0.25) is 19.8 Å². The molecular formula is C22H21N3O5S. The second-order valence-electron chi connectivity index (χ2n) is 7.07. The summed E-state index contributed by atoms with van der Waals surface area (Å²) in [7, 11) is 1.59. The highest BCUT2D eigenvalue weighted by Crippen LogP contribution is 2.34. The van der Waals surface area contributed by atoms with Crippen molar-refractivity contribution < 1.29 is 19.2 Å². The van der Waals surface area contributed by atoms with Gasteiger partial charge in [0.25, 0.3) is 11.6 Å². The minimum absolute atomic E-state index is 0.0240. The Labute approximate surface area is 182 Å². The van der Waals surface area contributed by atoms with Crippen LogP contribution >= 0.6 is 11.3 Å². The molecule has 9 heteroatoms. The number of aromatic nitrogens is 1.